The lowest BCUT2D eigenvalue weighted by Crippen LogP contribution is -2.60. The van der Waals surface area contributed by atoms with Gasteiger partial charge in [0, 0.05) is 6.04 Å². The highest BCUT2D eigenvalue weighted by molar-refractivity contribution is 5.15. The quantitative estimate of drug-likeness (QED) is 0.355. The lowest BCUT2D eigenvalue weighted by Gasteiger charge is -2.42. The van der Waals surface area contributed by atoms with Gasteiger partial charge in [-0.05, 0) is 29.5 Å². The van der Waals surface area contributed by atoms with E-state index in [1.807, 2.05) is 60.7 Å². The van der Waals surface area contributed by atoms with Crippen LogP contribution in [0.5, 0.6) is 0 Å². The molecule has 4 atom stereocenters. The van der Waals surface area contributed by atoms with E-state index in [9.17, 15) is 0 Å². The first kappa shape index (κ1) is 24.4. The Morgan fingerprint density at radius 1 is 0.735 bits per heavy atom. The molecular weight excluding hydrogens is 422 g/mol. The zero-order chi connectivity index (χ0) is 23.4. The first-order valence-corrected chi connectivity index (χ1v) is 12.1. The Kier molecular flexibility index (Phi) is 9.47. The van der Waals surface area contributed by atoms with Gasteiger partial charge in [0.2, 0.25) is 0 Å². The zero-order valence-electron chi connectivity index (χ0n) is 19.7. The van der Waals surface area contributed by atoms with E-state index in [1.165, 1.54) is 11.1 Å². The fourth-order valence-corrected chi connectivity index (χ4v) is 4.46. The summed E-state index contributed by atoms with van der Waals surface area (Å²) in [6.45, 7) is 6.18. The topological polar surface area (TPSA) is 39.7 Å². The number of rotatable bonds is 12. The molecule has 0 bridgehead atoms. The van der Waals surface area contributed by atoms with Crippen LogP contribution in [0.2, 0.25) is 0 Å². The van der Waals surface area contributed by atoms with E-state index in [2.05, 4.69) is 48.3 Å². The van der Waals surface area contributed by atoms with Gasteiger partial charge in [-0.1, -0.05) is 97.1 Å². The molecule has 0 radical (unpaired) electrons. The minimum absolute atomic E-state index is 0.0203. The van der Waals surface area contributed by atoms with Crippen molar-refractivity contribution in [3.05, 3.63) is 120 Å². The maximum atomic E-state index is 6.52. The van der Waals surface area contributed by atoms with Crippen LogP contribution in [-0.4, -0.2) is 30.9 Å². The van der Waals surface area contributed by atoms with E-state index in [4.69, 9.17) is 14.2 Å². The van der Waals surface area contributed by atoms with Crippen molar-refractivity contribution in [1.82, 2.24) is 5.32 Å². The molecule has 4 rings (SSSR count). The molecule has 1 aliphatic heterocycles. The Morgan fingerprint density at radius 2 is 1.26 bits per heavy atom. The molecule has 0 aliphatic carbocycles. The Morgan fingerprint density at radius 3 is 1.82 bits per heavy atom. The number of hydrogen-bond donors (Lipinski definition) is 1. The molecule has 3 aromatic carbocycles. The van der Waals surface area contributed by atoms with Gasteiger partial charge in [-0.2, -0.15) is 0 Å². The third-order valence-electron chi connectivity index (χ3n) is 6.18. The van der Waals surface area contributed by atoms with Crippen molar-refractivity contribution in [2.75, 3.05) is 6.61 Å². The van der Waals surface area contributed by atoms with Crippen molar-refractivity contribution in [3.63, 3.8) is 0 Å². The number of hydrogen-bond acceptors (Lipinski definition) is 4. The second-order valence-electron chi connectivity index (χ2n) is 8.83. The average molecular weight is 458 g/mol. The highest BCUT2D eigenvalue weighted by Gasteiger charge is 2.38. The summed E-state index contributed by atoms with van der Waals surface area (Å²) in [6.07, 6.45) is 3.55. The van der Waals surface area contributed by atoms with Crippen molar-refractivity contribution in [3.8, 4) is 0 Å². The summed E-state index contributed by atoms with van der Waals surface area (Å²) in [5.41, 5.74) is 3.49. The van der Waals surface area contributed by atoms with Crippen molar-refractivity contribution in [1.29, 1.82) is 0 Å². The minimum Gasteiger partial charge on any atom is -0.375 e. The molecule has 34 heavy (non-hydrogen) atoms. The van der Waals surface area contributed by atoms with E-state index in [0.717, 1.165) is 18.4 Å². The molecule has 178 valence electrons. The van der Waals surface area contributed by atoms with Crippen LogP contribution in [0.3, 0.4) is 0 Å². The van der Waals surface area contributed by atoms with Crippen LogP contribution in [0.4, 0.5) is 0 Å². The van der Waals surface area contributed by atoms with Gasteiger partial charge in [-0.25, -0.2) is 0 Å². The van der Waals surface area contributed by atoms with Crippen molar-refractivity contribution in [2.24, 2.45) is 0 Å². The van der Waals surface area contributed by atoms with Gasteiger partial charge in [0.15, 0.2) is 0 Å². The SMILES string of the molecule is C=CCC1C[C@@H](OCc2ccccc2)[C@H](OCc2ccccc2)[C@H](COCc2ccccc2)N1. The summed E-state index contributed by atoms with van der Waals surface area (Å²) >= 11 is 0. The Hall–Kier alpha value is -2.76. The van der Waals surface area contributed by atoms with Gasteiger partial charge in [0.25, 0.3) is 0 Å². The van der Waals surface area contributed by atoms with E-state index >= 15 is 0 Å². The maximum Gasteiger partial charge on any atom is 0.102 e. The fraction of sp³-hybridized carbons (Fsp3) is 0.333. The van der Waals surface area contributed by atoms with Crippen LogP contribution < -0.4 is 5.32 Å². The summed E-state index contributed by atoms with van der Waals surface area (Å²) in [7, 11) is 0. The molecule has 1 N–H and O–H groups in total. The smallest absolute Gasteiger partial charge is 0.102 e. The summed E-state index contributed by atoms with van der Waals surface area (Å²) in [5.74, 6) is 0. The van der Waals surface area contributed by atoms with Crippen LogP contribution in [0.15, 0.2) is 104 Å². The molecule has 3 aromatic rings. The Balaban J connectivity index is 1.46. The predicted molar refractivity (Wildman–Crippen MR) is 136 cm³/mol. The number of nitrogens with one attached hydrogen (secondary N) is 1. The fourth-order valence-electron chi connectivity index (χ4n) is 4.46. The van der Waals surface area contributed by atoms with E-state index in [1.54, 1.807) is 0 Å². The summed E-state index contributed by atoms with van der Waals surface area (Å²) in [5, 5.41) is 3.75. The zero-order valence-corrected chi connectivity index (χ0v) is 19.7. The van der Waals surface area contributed by atoms with Crippen LogP contribution in [0.25, 0.3) is 0 Å². The Bertz CT molecular complexity index is 964. The van der Waals surface area contributed by atoms with Crippen molar-refractivity contribution in [2.45, 2.75) is 57.0 Å². The number of ether oxygens (including phenoxy) is 3. The summed E-state index contributed by atoms with van der Waals surface area (Å²) < 4.78 is 19.2. The molecule has 0 amide bonds. The van der Waals surface area contributed by atoms with Crippen molar-refractivity contribution >= 4 is 0 Å². The molecule has 1 saturated heterocycles. The Labute approximate surface area is 203 Å². The second-order valence-corrected chi connectivity index (χ2v) is 8.83. The first-order valence-electron chi connectivity index (χ1n) is 12.1. The molecule has 0 aromatic heterocycles. The summed E-state index contributed by atoms with van der Waals surface area (Å²) in [6, 6.07) is 31.2. The monoisotopic (exact) mass is 457 g/mol. The molecule has 0 saturated carbocycles. The predicted octanol–water partition coefficient (Wildman–Crippen LogP) is 5.68. The third-order valence-corrected chi connectivity index (χ3v) is 6.18. The molecular formula is C30H35NO3. The van der Waals surface area contributed by atoms with Crippen LogP contribution >= 0.6 is 0 Å². The van der Waals surface area contributed by atoms with E-state index < -0.39 is 0 Å². The molecule has 4 heteroatoms. The van der Waals surface area contributed by atoms with Gasteiger partial charge in [-0.3, -0.25) is 0 Å². The number of benzene rings is 3. The van der Waals surface area contributed by atoms with Crippen LogP contribution in [0.1, 0.15) is 29.5 Å². The molecule has 0 spiro atoms. The van der Waals surface area contributed by atoms with Gasteiger partial charge >= 0.3 is 0 Å². The van der Waals surface area contributed by atoms with E-state index in [0.29, 0.717) is 26.4 Å². The van der Waals surface area contributed by atoms with Gasteiger partial charge in [0.05, 0.1) is 38.6 Å². The first-order chi connectivity index (χ1) is 16.8. The van der Waals surface area contributed by atoms with Crippen molar-refractivity contribution < 1.29 is 14.2 Å². The minimum atomic E-state index is -0.124. The lowest BCUT2D eigenvalue weighted by atomic mass is 9.91. The highest BCUT2D eigenvalue weighted by Crippen LogP contribution is 2.25. The maximum absolute atomic E-state index is 6.52. The molecule has 1 unspecified atom stereocenters. The second kappa shape index (κ2) is 13.2. The van der Waals surface area contributed by atoms with Gasteiger partial charge in [-0.15, -0.1) is 6.58 Å². The molecule has 1 fully saturated rings. The third kappa shape index (κ3) is 7.37. The largest absolute Gasteiger partial charge is 0.375 e. The van der Waals surface area contributed by atoms with Crippen LogP contribution in [0, 0.1) is 0 Å². The average Bonchev–Trinajstić information content (AvgIpc) is 2.89. The van der Waals surface area contributed by atoms with Gasteiger partial charge < -0.3 is 19.5 Å². The molecule has 4 nitrogen and oxygen atoms in total. The van der Waals surface area contributed by atoms with E-state index in [-0.39, 0.29) is 24.3 Å². The standard InChI is InChI=1S/C30H35NO3/c1-2-12-27-19-29(33-21-25-15-8-4-9-16-25)30(34-22-26-17-10-5-11-18-26)28(31-27)23-32-20-24-13-6-3-7-14-24/h2-11,13-18,27-31H,1,12,19-23H2/t27?,28-,29+,30+/m0/s1. The summed E-state index contributed by atoms with van der Waals surface area (Å²) in [4.78, 5) is 0. The molecule has 1 heterocycles. The highest BCUT2D eigenvalue weighted by atomic mass is 16.5. The van der Waals surface area contributed by atoms with Gasteiger partial charge in [0.1, 0.15) is 6.10 Å². The lowest BCUT2D eigenvalue weighted by molar-refractivity contribution is -0.133. The van der Waals surface area contributed by atoms with Crippen LogP contribution in [-0.2, 0) is 34.0 Å². The normalized spacial score (nSPS) is 22.4. The molecule has 1 aliphatic rings. The number of piperidine rings is 1.